The van der Waals surface area contributed by atoms with Gasteiger partial charge in [0.25, 0.3) is 0 Å². The minimum Gasteiger partial charge on any atom is -0.338 e. The predicted octanol–water partition coefficient (Wildman–Crippen LogP) is 2.86. The van der Waals surface area contributed by atoms with E-state index in [0.717, 1.165) is 27.2 Å². The third kappa shape index (κ3) is 1.16. The molecular weight excluding hydrogens is 206 g/mol. The molecule has 2 heterocycles. The Balaban J connectivity index is 2.46. The number of aryl methyl sites for hydroxylation is 1. The summed E-state index contributed by atoms with van der Waals surface area (Å²) in [6.07, 6.45) is 0.672. The highest BCUT2D eigenvalue weighted by atomic mass is 32.2. The number of benzene rings is 1. The number of Topliss-reactive ketones (excluding diaryl/α,β-unsaturated/α-hetero) is 1. The van der Waals surface area contributed by atoms with E-state index < -0.39 is 0 Å². The van der Waals surface area contributed by atoms with Gasteiger partial charge in [0.2, 0.25) is 0 Å². The maximum absolute atomic E-state index is 11.9. The smallest absolute Gasteiger partial charge is 0.167 e. The van der Waals surface area contributed by atoms with Gasteiger partial charge >= 0.3 is 0 Å². The first-order valence-corrected chi connectivity index (χ1v) is 6.01. The molecule has 0 saturated carbocycles. The lowest BCUT2D eigenvalue weighted by atomic mass is 10.1. The van der Waals surface area contributed by atoms with Crippen molar-refractivity contribution in [3.63, 3.8) is 0 Å². The molecule has 0 atom stereocenters. The molecule has 3 heteroatoms. The number of hydrogen-bond donors (Lipinski definition) is 0. The van der Waals surface area contributed by atoms with Gasteiger partial charge in [-0.2, -0.15) is 0 Å². The molecule has 1 aromatic carbocycles. The van der Waals surface area contributed by atoms with Crippen molar-refractivity contribution in [2.24, 2.45) is 7.05 Å². The Bertz CT molecular complexity index is 556. The van der Waals surface area contributed by atoms with Crippen molar-refractivity contribution in [2.45, 2.75) is 11.4 Å². The molecule has 0 bridgehead atoms. The molecule has 0 unspecified atom stereocenters. The summed E-state index contributed by atoms with van der Waals surface area (Å²) < 4.78 is 2.13. The van der Waals surface area contributed by atoms with Crippen molar-refractivity contribution in [3.8, 4) is 0 Å². The summed E-state index contributed by atoms with van der Waals surface area (Å²) in [5, 5.41) is 2.24. The number of nitrogens with zero attached hydrogens (tertiary/aromatic N) is 1. The average Bonchev–Trinajstić information content (AvgIpc) is 2.55. The minimum absolute atomic E-state index is 0.292. The molecule has 15 heavy (non-hydrogen) atoms. The number of hydrogen-bond acceptors (Lipinski definition) is 2. The van der Waals surface area contributed by atoms with E-state index in [1.807, 2.05) is 25.2 Å². The molecule has 0 aliphatic carbocycles. The fourth-order valence-electron chi connectivity index (χ4n) is 2.17. The zero-order chi connectivity index (χ0) is 10.4. The molecular formula is C12H11NOS. The molecule has 76 valence electrons. The summed E-state index contributed by atoms with van der Waals surface area (Å²) >= 11 is 1.79. The number of carbonyl (C=O) groups excluding carboxylic acids is 1. The second-order valence-corrected chi connectivity index (χ2v) is 4.86. The number of rotatable bonds is 0. The van der Waals surface area contributed by atoms with Crippen LogP contribution in [0.4, 0.5) is 0 Å². The number of ketones is 1. The predicted molar refractivity (Wildman–Crippen MR) is 62.6 cm³/mol. The fourth-order valence-corrected chi connectivity index (χ4v) is 3.31. The Morgan fingerprint density at radius 3 is 3.00 bits per heavy atom. The summed E-state index contributed by atoms with van der Waals surface area (Å²) in [6, 6.07) is 8.12. The van der Waals surface area contributed by atoms with E-state index in [1.165, 1.54) is 0 Å². The molecule has 0 saturated heterocycles. The molecule has 0 fully saturated rings. The molecule has 1 aliphatic heterocycles. The maximum atomic E-state index is 11.9. The van der Waals surface area contributed by atoms with Gasteiger partial charge in [-0.25, -0.2) is 0 Å². The zero-order valence-corrected chi connectivity index (χ0v) is 9.30. The van der Waals surface area contributed by atoms with E-state index in [0.29, 0.717) is 12.2 Å². The zero-order valence-electron chi connectivity index (χ0n) is 8.49. The van der Waals surface area contributed by atoms with Gasteiger partial charge in [0.15, 0.2) is 5.78 Å². The van der Waals surface area contributed by atoms with Crippen LogP contribution < -0.4 is 0 Å². The van der Waals surface area contributed by atoms with Gasteiger partial charge < -0.3 is 4.57 Å². The highest BCUT2D eigenvalue weighted by Gasteiger charge is 2.24. The summed E-state index contributed by atoms with van der Waals surface area (Å²) in [5.74, 6) is 1.20. The first-order chi connectivity index (χ1) is 7.29. The molecule has 1 aliphatic rings. The van der Waals surface area contributed by atoms with Crippen molar-refractivity contribution >= 4 is 28.4 Å². The van der Waals surface area contributed by atoms with Gasteiger partial charge in [-0.3, -0.25) is 4.79 Å². The summed E-state index contributed by atoms with van der Waals surface area (Å²) in [6.45, 7) is 0. The van der Waals surface area contributed by atoms with Crippen molar-refractivity contribution < 1.29 is 4.79 Å². The van der Waals surface area contributed by atoms with Crippen LogP contribution >= 0.6 is 11.8 Å². The number of thioether (sulfide) groups is 1. The topological polar surface area (TPSA) is 22.0 Å². The second-order valence-electron chi connectivity index (χ2n) is 3.78. The monoisotopic (exact) mass is 217 g/mol. The molecule has 0 radical (unpaired) electrons. The largest absolute Gasteiger partial charge is 0.338 e. The van der Waals surface area contributed by atoms with Gasteiger partial charge in [-0.15, -0.1) is 11.8 Å². The van der Waals surface area contributed by atoms with Gasteiger partial charge in [0.05, 0.1) is 10.6 Å². The van der Waals surface area contributed by atoms with Crippen LogP contribution in [0.1, 0.15) is 16.8 Å². The third-order valence-corrected chi connectivity index (χ3v) is 4.06. The van der Waals surface area contributed by atoms with Crippen LogP contribution in [-0.2, 0) is 7.05 Å². The Morgan fingerprint density at radius 2 is 2.13 bits per heavy atom. The molecule has 0 spiro atoms. The van der Waals surface area contributed by atoms with Crippen LogP contribution in [0.25, 0.3) is 10.9 Å². The van der Waals surface area contributed by atoms with Crippen LogP contribution in [0.5, 0.6) is 0 Å². The minimum atomic E-state index is 0.292. The lowest BCUT2D eigenvalue weighted by molar-refractivity contribution is 0.0986. The van der Waals surface area contributed by atoms with Crippen LogP contribution in [0.15, 0.2) is 29.3 Å². The Morgan fingerprint density at radius 1 is 1.33 bits per heavy atom. The molecule has 2 aromatic rings. The molecule has 0 N–H and O–H groups in total. The van der Waals surface area contributed by atoms with Crippen molar-refractivity contribution in [1.82, 2.24) is 4.57 Å². The lowest BCUT2D eigenvalue weighted by Crippen LogP contribution is -2.08. The number of fused-ring (bicyclic) bond motifs is 3. The lowest BCUT2D eigenvalue weighted by Gasteiger charge is -2.11. The van der Waals surface area contributed by atoms with Gasteiger partial charge in [0.1, 0.15) is 0 Å². The maximum Gasteiger partial charge on any atom is 0.167 e. The number of aromatic nitrogens is 1. The van der Waals surface area contributed by atoms with Gasteiger partial charge in [0, 0.05) is 30.1 Å². The van der Waals surface area contributed by atoms with Crippen molar-refractivity contribution in [1.29, 1.82) is 0 Å². The van der Waals surface area contributed by atoms with E-state index in [1.54, 1.807) is 11.8 Å². The number of para-hydroxylation sites is 1. The van der Waals surface area contributed by atoms with E-state index in [2.05, 4.69) is 10.6 Å². The van der Waals surface area contributed by atoms with Crippen LogP contribution in [0.2, 0.25) is 0 Å². The Kier molecular flexibility index (Phi) is 1.89. The van der Waals surface area contributed by atoms with E-state index in [-0.39, 0.29) is 0 Å². The van der Waals surface area contributed by atoms with E-state index >= 15 is 0 Å². The van der Waals surface area contributed by atoms with E-state index in [9.17, 15) is 4.79 Å². The first-order valence-electron chi connectivity index (χ1n) is 5.02. The molecule has 0 amide bonds. The van der Waals surface area contributed by atoms with Crippen molar-refractivity contribution in [3.05, 3.63) is 29.8 Å². The van der Waals surface area contributed by atoms with Gasteiger partial charge in [-0.05, 0) is 6.07 Å². The van der Waals surface area contributed by atoms with Crippen molar-refractivity contribution in [2.75, 3.05) is 5.75 Å². The van der Waals surface area contributed by atoms with Crippen LogP contribution in [0, 0.1) is 0 Å². The highest BCUT2D eigenvalue weighted by molar-refractivity contribution is 7.99. The average molecular weight is 217 g/mol. The Labute approximate surface area is 92.3 Å². The first kappa shape index (κ1) is 9.04. The fraction of sp³-hybridized carbons (Fsp3) is 0.250. The quantitative estimate of drug-likeness (QED) is 0.677. The van der Waals surface area contributed by atoms with Crippen LogP contribution in [0.3, 0.4) is 0 Å². The Hall–Kier alpha value is -1.22. The van der Waals surface area contributed by atoms with Gasteiger partial charge in [-0.1, -0.05) is 18.2 Å². The van der Waals surface area contributed by atoms with E-state index in [4.69, 9.17) is 0 Å². The standard InChI is InChI=1S/C12H11NOS/c1-13-9-5-3-2-4-8(9)11-10(14)6-7-15-12(11)13/h2-5H,6-7H2,1H3. The highest BCUT2D eigenvalue weighted by Crippen LogP contribution is 2.36. The molecule has 3 rings (SSSR count). The summed E-state index contributed by atoms with van der Waals surface area (Å²) in [5.41, 5.74) is 2.09. The van der Waals surface area contributed by atoms with Crippen LogP contribution in [-0.4, -0.2) is 16.1 Å². The third-order valence-electron chi connectivity index (χ3n) is 2.90. The SMILES string of the molecule is Cn1c2c(c3ccccc31)C(=O)CCS2. The molecule has 1 aromatic heterocycles. The second kappa shape index (κ2) is 3.14. The number of carbonyl (C=O) groups is 1. The summed E-state index contributed by atoms with van der Waals surface area (Å²) in [4.78, 5) is 11.9. The molecule has 2 nitrogen and oxygen atoms in total. The summed E-state index contributed by atoms with van der Waals surface area (Å²) in [7, 11) is 2.03. The normalized spacial score (nSPS) is 15.7.